The van der Waals surface area contributed by atoms with Crippen LogP contribution in [-0.2, 0) is 25.5 Å². The van der Waals surface area contributed by atoms with E-state index >= 15 is 0 Å². The summed E-state index contributed by atoms with van der Waals surface area (Å²) in [4.78, 5) is 23.7. The summed E-state index contributed by atoms with van der Waals surface area (Å²) in [6.07, 6.45) is 1.76. The molecule has 24 heavy (non-hydrogen) atoms. The van der Waals surface area contributed by atoms with Gasteiger partial charge in [0.25, 0.3) is 0 Å². The Morgan fingerprint density at radius 3 is 2.71 bits per heavy atom. The van der Waals surface area contributed by atoms with Gasteiger partial charge in [0, 0.05) is 13.2 Å². The second kappa shape index (κ2) is 7.32. The first-order valence-corrected chi connectivity index (χ1v) is 8.38. The van der Waals surface area contributed by atoms with Crippen molar-refractivity contribution in [2.24, 2.45) is 0 Å². The van der Waals surface area contributed by atoms with Gasteiger partial charge in [-0.15, -0.1) is 0 Å². The molecule has 6 nitrogen and oxygen atoms in total. The number of benzene rings is 1. The van der Waals surface area contributed by atoms with Crippen LogP contribution in [0.5, 0.6) is 0 Å². The van der Waals surface area contributed by atoms with Crippen molar-refractivity contribution in [3.05, 3.63) is 35.4 Å². The van der Waals surface area contributed by atoms with E-state index < -0.39 is 11.5 Å². The number of hydrogen-bond donors (Lipinski definition) is 2. The number of ether oxygens (including phenoxy) is 2. The van der Waals surface area contributed by atoms with Crippen molar-refractivity contribution in [3.8, 4) is 0 Å². The van der Waals surface area contributed by atoms with Crippen molar-refractivity contribution >= 4 is 11.9 Å². The lowest BCUT2D eigenvalue weighted by atomic mass is 9.86. The molecular weight excluding hydrogens is 310 g/mol. The molecule has 2 heterocycles. The van der Waals surface area contributed by atoms with Crippen LogP contribution in [0.4, 0.5) is 0 Å². The summed E-state index contributed by atoms with van der Waals surface area (Å²) in [5.74, 6) is -1.07. The van der Waals surface area contributed by atoms with E-state index in [4.69, 9.17) is 9.47 Å². The predicted octanol–water partition coefficient (Wildman–Crippen LogP) is 1.83. The van der Waals surface area contributed by atoms with Crippen LogP contribution in [0.25, 0.3) is 0 Å². The maximum Gasteiger partial charge on any atom is 0.305 e. The zero-order chi connectivity index (χ0) is 17.0. The highest BCUT2D eigenvalue weighted by atomic mass is 16.5. The number of hydrogen-bond acceptors (Lipinski definition) is 4. The van der Waals surface area contributed by atoms with Crippen molar-refractivity contribution in [1.29, 1.82) is 0 Å². The van der Waals surface area contributed by atoms with Crippen LogP contribution in [0.15, 0.2) is 24.3 Å². The number of aliphatic carboxylic acids is 1. The minimum Gasteiger partial charge on any atom is -0.481 e. The molecule has 1 atom stereocenters. The van der Waals surface area contributed by atoms with Crippen LogP contribution in [0, 0.1) is 0 Å². The summed E-state index contributed by atoms with van der Waals surface area (Å²) in [6, 6.07) is 8.00. The summed E-state index contributed by atoms with van der Waals surface area (Å²) in [7, 11) is 0. The third-order valence-electron chi connectivity index (χ3n) is 4.81. The van der Waals surface area contributed by atoms with E-state index in [1.165, 1.54) is 5.56 Å². The summed E-state index contributed by atoms with van der Waals surface area (Å²) < 4.78 is 11.1. The number of carboxylic acids is 1. The average molecular weight is 333 g/mol. The molecule has 1 aromatic rings. The van der Waals surface area contributed by atoms with Crippen LogP contribution in [-0.4, -0.2) is 42.3 Å². The number of carbonyl (C=O) groups is 2. The fourth-order valence-corrected chi connectivity index (χ4v) is 3.56. The van der Waals surface area contributed by atoms with Gasteiger partial charge in [0.1, 0.15) is 0 Å². The summed E-state index contributed by atoms with van der Waals surface area (Å²) in [5, 5.41) is 12.1. The SMILES string of the molecule is O=C(O)CC1(NC(=O)CC2OCCc3ccccc32)CCOCC1. The van der Waals surface area contributed by atoms with E-state index in [2.05, 4.69) is 11.4 Å². The monoisotopic (exact) mass is 333 g/mol. The van der Waals surface area contributed by atoms with Crippen LogP contribution in [0.2, 0.25) is 0 Å². The summed E-state index contributed by atoms with van der Waals surface area (Å²) >= 11 is 0. The molecule has 2 N–H and O–H groups in total. The Hall–Kier alpha value is -1.92. The zero-order valence-corrected chi connectivity index (χ0v) is 13.6. The standard InChI is InChI=1S/C18H23NO5/c20-16(19-18(12-17(21)22)6-9-23-10-7-18)11-15-14-4-2-1-3-13(14)5-8-24-15/h1-4,15H,5-12H2,(H,19,20)(H,21,22). The second-order valence-corrected chi connectivity index (χ2v) is 6.52. The Morgan fingerprint density at radius 2 is 1.96 bits per heavy atom. The molecule has 3 rings (SSSR count). The Balaban J connectivity index is 1.67. The van der Waals surface area contributed by atoms with E-state index in [1.54, 1.807) is 0 Å². The summed E-state index contributed by atoms with van der Waals surface area (Å²) in [6.45, 7) is 1.54. The molecule has 1 saturated heterocycles. The lowest BCUT2D eigenvalue weighted by Gasteiger charge is -2.37. The normalized spacial score (nSPS) is 22.4. The molecular formula is C18H23NO5. The first-order chi connectivity index (χ1) is 11.6. The van der Waals surface area contributed by atoms with Gasteiger partial charge in [-0.1, -0.05) is 24.3 Å². The zero-order valence-electron chi connectivity index (χ0n) is 13.6. The average Bonchev–Trinajstić information content (AvgIpc) is 2.55. The van der Waals surface area contributed by atoms with Gasteiger partial charge in [0.05, 0.1) is 31.1 Å². The highest BCUT2D eigenvalue weighted by Gasteiger charge is 2.37. The number of rotatable bonds is 5. The smallest absolute Gasteiger partial charge is 0.305 e. The third kappa shape index (κ3) is 3.94. The molecule has 0 aromatic heterocycles. The lowest BCUT2D eigenvalue weighted by molar-refractivity contribution is -0.140. The van der Waals surface area contributed by atoms with Crippen molar-refractivity contribution in [2.75, 3.05) is 19.8 Å². The van der Waals surface area contributed by atoms with Gasteiger partial charge < -0.3 is 19.9 Å². The minimum absolute atomic E-state index is 0.0792. The number of amides is 1. The number of carbonyl (C=O) groups excluding carboxylic acids is 1. The van der Waals surface area contributed by atoms with Crippen molar-refractivity contribution in [1.82, 2.24) is 5.32 Å². The Morgan fingerprint density at radius 1 is 1.21 bits per heavy atom. The maximum absolute atomic E-state index is 12.6. The van der Waals surface area contributed by atoms with Gasteiger partial charge in [-0.2, -0.15) is 0 Å². The molecule has 6 heteroatoms. The third-order valence-corrected chi connectivity index (χ3v) is 4.81. The van der Waals surface area contributed by atoms with Gasteiger partial charge in [-0.05, 0) is 30.4 Å². The van der Waals surface area contributed by atoms with E-state index in [9.17, 15) is 14.7 Å². The number of fused-ring (bicyclic) bond motifs is 1. The van der Waals surface area contributed by atoms with Gasteiger partial charge in [0.15, 0.2) is 0 Å². The number of carboxylic acid groups (broad SMARTS) is 1. The fourth-order valence-electron chi connectivity index (χ4n) is 3.56. The van der Waals surface area contributed by atoms with Gasteiger partial charge >= 0.3 is 5.97 Å². The Kier molecular flexibility index (Phi) is 5.16. The molecule has 1 aromatic carbocycles. The molecule has 0 radical (unpaired) electrons. The molecule has 2 aliphatic rings. The molecule has 130 valence electrons. The molecule has 0 aliphatic carbocycles. The van der Waals surface area contributed by atoms with Crippen LogP contribution in [0.3, 0.4) is 0 Å². The molecule has 2 aliphatic heterocycles. The van der Waals surface area contributed by atoms with E-state index in [1.807, 2.05) is 18.2 Å². The minimum atomic E-state index is -0.906. The van der Waals surface area contributed by atoms with E-state index in [-0.39, 0.29) is 24.9 Å². The summed E-state index contributed by atoms with van der Waals surface area (Å²) in [5.41, 5.74) is 1.56. The lowest BCUT2D eigenvalue weighted by Crippen LogP contribution is -2.53. The molecule has 0 spiro atoms. The first-order valence-electron chi connectivity index (χ1n) is 8.38. The van der Waals surface area contributed by atoms with Crippen molar-refractivity contribution in [3.63, 3.8) is 0 Å². The molecule has 1 amide bonds. The van der Waals surface area contributed by atoms with Gasteiger partial charge in [-0.3, -0.25) is 9.59 Å². The highest BCUT2D eigenvalue weighted by molar-refractivity contribution is 5.79. The predicted molar refractivity (Wildman–Crippen MR) is 86.6 cm³/mol. The van der Waals surface area contributed by atoms with Gasteiger partial charge in [0.2, 0.25) is 5.91 Å². The fraction of sp³-hybridized carbons (Fsp3) is 0.556. The Bertz CT molecular complexity index is 609. The Labute approximate surface area is 141 Å². The topological polar surface area (TPSA) is 84.9 Å². The molecule has 0 saturated carbocycles. The highest BCUT2D eigenvalue weighted by Crippen LogP contribution is 2.30. The van der Waals surface area contributed by atoms with Crippen LogP contribution < -0.4 is 5.32 Å². The first kappa shape index (κ1) is 16.9. The van der Waals surface area contributed by atoms with E-state index in [0.717, 1.165) is 12.0 Å². The molecule has 0 bridgehead atoms. The quantitative estimate of drug-likeness (QED) is 0.859. The van der Waals surface area contributed by atoms with Crippen LogP contribution >= 0.6 is 0 Å². The largest absolute Gasteiger partial charge is 0.481 e. The van der Waals surface area contributed by atoms with Gasteiger partial charge in [-0.25, -0.2) is 0 Å². The van der Waals surface area contributed by atoms with Crippen LogP contribution in [0.1, 0.15) is 42.9 Å². The molecule has 1 fully saturated rings. The van der Waals surface area contributed by atoms with Crippen molar-refractivity contribution < 1.29 is 24.2 Å². The maximum atomic E-state index is 12.6. The van der Waals surface area contributed by atoms with Crippen molar-refractivity contribution in [2.45, 2.75) is 43.7 Å². The molecule has 1 unspecified atom stereocenters. The second-order valence-electron chi connectivity index (χ2n) is 6.52. The number of nitrogens with one attached hydrogen (secondary N) is 1. The van der Waals surface area contributed by atoms with E-state index in [0.29, 0.717) is 32.7 Å².